The Morgan fingerprint density at radius 1 is 1.67 bits per heavy atom. The zero-order chi connectivity index (χ0) is 11.3. The van der Waals surface area contributed by atoms with Gasteiger partial charge in [0.15, 0.2) is 0 Å². The highest BCUT2D eigenvalue weighted by atomic mass is 35.5. The number of hydrogen-bond acceptors (Lipinski definition) is 2. The molecule has 3 nitrogen and oxygen atoms in total. The van der Waals surface area contributed by atoms with Gasteiger partial charge in [0.2, 0.25) is 0 Å². The molecule has 15 heavy (non-hydrogen) atoms. The Hall–Kier alpha value is -1.53. The summed E-state index contributed by atoms with van der Waals surface area (Å²) in [5.74, 6) is 2.23. The summed E-state index contributed by atoms with van der Waals surface area (Å²) in [5, 5.41) is 0.303. The summed E-state index contributed by atoms with van der Waals surface area (Å²) in [6, 6.07) is 4.93. The largest absolute Gasteiger partial charge is 0.326 e. The highest BCUT2D eigenvalue weighted by Crippen LogP contribution is 2.07. The molecule has 1 aromatic rings. The molecule has 0 aliphatic carbocycles. The predicted octanol–water partition coefficient (Wildman–Crippen LogP) is 1.83. The Balaban J connectivity index is 2.88. The molecule has 0 atom stereocenters. The Morgan fingerprint density at radius 3 is 2.93 bits per heavy atom. The highest BCUT2D eigenvalue weighted by molar-refractivity contribution is 6.29. The Kier molecular flexibility index (Phi) is 4.14. The molecule has 1 amide bonds. The maximum Gasteiger partial charge on any atom is 0.273 e. The van der Waals surface area contributed by atoms with Crippen molar-refractivity contribution in [3.05, 3.63) is 29.0 Å². The third kappa shape index (κ3) is 2.97. The van der Waals surface area contributed by atoms with Gasteiger partial charge in [0, 0.05) is 6.54 Å². The Morgan fingerprint density at radius 2 is 2.40 bits per heavy atom. The summed E-state index contributed by atoms with van der Waals surface area (Å²) in [7, 11) is 0. The fraction of sp³-hybridized carbons (Fsp3) is 0.273. The molecule has 0 aliphatic rings. The second-order valence-corrected chi connectivity index (χ2v) is 3.26. The second kappa shape index (κ2) is 5.38. The molecule has 0 spiro atoms. The van der Waals surface area contributed by atoms with Gasteiger partial charge in [-0.3, -0.25) is 4.79 Å². The van der Waals surface area contributed by atoms with E-state index in [0.29, 0.717) is 17.4 Å². The van der Waals surface area contributed by atoms with E-state index in [0.717, 1.165) is 0 Å². The number of carbonyl (C=O) groups excluding carboxylic acids is 1. The molecule has 78 valence electrons. The summed E-state index contributed by atoms with van der Waals surface area (Å²) in [6.45, 7) is 2.69. The van der Waals surface area contributed by atoms with Crippen molar-refractivity contribution in [3.8, 4) is 12.3 Å². The van der Waals surface area contributed by atoms with Crippen LogP contribution in [0, 0.1) is 12.3 Å². The van der Waals surface area contributed by atoms with Crippen molar-refractivity contribution in [2.45, 2.75) is 6.92 Å². The number of aromatic nitrogens is 1. The predicted molar refractivity (Wildman–Crippen MR) is 59.7 cm³/mol. The van der Waals surface area contributed by atoms with Crippen molar-refractivity contribution >= 4 is 17.5 Å². The van der Waals surface area contributed by atoms with E-state index in [1.54, 1.807) is 18.2 Å². The van der Waals surface area contributed by atoms with Crippen LogP contribution in [0.25, 0.3) is 0 Å². The molecule has 1 rings (SSSR count). The van der Waals surface area contributed by atoms with Gasteiger partial charge in [-0.25, -0.2) is 4.98 Å². The first-order valence-corrected chi connectivity index (χ1v) is 4.92. The van der Waals surface area contributed by atoms with Crippen LogP contribution >= 0.6 is 11.6 Å². The molecule has 0 fully saturated rings. The van der Waals surface area contributed by atoms with Gasteiger partial charge in [0.25, 0.3) is 5.91 Å². The fourth-order valence-corrected chi connectivity index (χ4v) is 1.29. The number of rotatable bonds is 3. The van der Waals surface area contributed by atoms with Gasteiger partial charge in [-0.1, -0.05) is 23.6 Å². The summed E-state index contributed by atoms with van der Waals surface area (Å²) in [4.78, 5) is 17.3. The lowest BCUT2D eigenvalue weighted by molar-refractivity contribution is 0.0779. The molecular weight excluding hydrogens is 212 g/mol. The van der Waals surface area contributed by atoms with E-state index < -0.39 is 0 Å². The van der Waals surface area contributed by atoms with Gasteiger partial charge in [0.1, 0.15) is 10.8 Å². The molecule has 0 N–H and O–H groups in total. The average Bonchev–Trinajstić information content (AvgIpc) is 2.25. The first-order valence-electron chi connectivity index (χ1n) is 4.54. The van der Waals surface area contributed by atoms with E-state index in [2.05, 4.69) is 10.9 Å². The number of halogens is 1. The van der Waals surface area contributed by atoms with Crippen molar-refractivity contribution in [1.82, 2.24) is 9.88 Å². The van der Waals surface area contributed by atoms with Crippen LogP contribution in [0.3, 0.4) is 0 Å². The van der Waals surface area contributed by atoms with Crippen LogP contribution in [0.4, 0.5) is 0 Å². The molecule has 1 heterocycles. The van der Waals surface area contributed by atoms with E-state index in [-0.39, 0.29) is 12.5 Å². The van der Waals surface area contributed by atoms with Crippen molar-refractivity contribution in [1.29, 1.82) is 0 Å². The van der Waals surface area contributed by atoms with E-state index in [1.165, 1.54) is 4.90 Å². The molecule has 0 aromatic carbocycles. The van der Waals surface area contributed by atoms with Gasteiger partial charge in [-0.2, -0.15) is 0 Å². The lowest BCUT2D eigenvalue weighted by Gasteiger charge is -2.17. The molecule has 0 saturated heterocycles. The van der Waals surface area contributed by atoms with Crippen molar-refractivity contribution in [2.75, 3.05) is 13.1 Å². The van der Waals surface area contributed by atoms with Crippen molar-refractivity contribution in [2.24, 2.45) is 0 Å². The molecule has 0 aliphatic heterocycles. The number of amides is 1. The topological polar surface area (TPSA) is 33.2 Å². The molecule has 0 bridgehead atoms. The standard InChI is InChI=1S/C11H11ClN2O/c1-3-8-14(4-2)11(15)9-6-5-7-10(12)13-9/h1,5-7H,4,8H2,2H3. The summed E-state index contributed by atoms with van der Waals surface area (Å²) in [5.41, 5.74) is 0.319. The first-order chi connectivity index (χ1) is 7.19. The molecule has 0 unspecified atom stereocenters. The maximum atomic E-state index is 11.8. The van der Waals surface area contributed by atoms with Gasteiger partial charge < -0.3 is 4.90 Å². The number of pyridine rings is 1. The number of nitrogens with zero attached hydrogens (tertiary/aromatic N) is 2. The Labute approximate surface area is 94.1 Å². The lowest BCUT2D eigenvalue weighted by Crippen LogP contribution is -2.31. The highest BCUT2D eigenvalue weighted by Gasteiger charge is 2.14. The molecular formula is C11H11ClN2O. The van der Waals surface area contributed by atoms with E-state index in [1.807, 2.05) is 6.92 Å². The summed E-state index contributed by atoms with van der Waals surface area (Å²) in [6.07, 6.45) is 5.16. The monoisotopic (exact) mass is 222 g/mol. The second-order valence-electron chi connectivity index (χ2n) is 2.87. The number of carbonyl (C=O) groups is 1. The maximum absolute atomic E-state index is 11.8. The van der Waals surface area contributed by atoms with E-state index in [4.69, 9.17) is 18.0 Å². The fourth-order valence-electron chi connectivity index (χ4n) is 1.13. The first kappa shape index (κ1) is 11.5. The molecule has 0 radical (unpaired) electrons. The average molecular weight is 223 g/mol. The normalized spacial score (nSPS) is 9.40. The zero-order valence-electron chi connectivity index (χ0n) is 8.40. The Bertz CT molecular complexity index is 398. The summed E-state index contributed by atoms with van der Waals surface area (Å²) < 4.78 is 0. The van der Waals surface area contributed by atoms with Crippen molar-refractivity contribution < 1.29 is 4.79 Å². The van der Waals surface area contributed by atoms with Crippen LogP contribution < -0.4 is 0 Å². The van der Waals surface area contributed by atoms with Crippen LogP contribution in [0.1, 0.15) is 17.4 Å². The van der Waals surface area contributed by atoms with Crippen molar-refractivity contribution in [3.63, 3.8) is 0 Å². The van der Waals surface area contributed by atoms with Crippen LogP contribution in [0.2, 0.25) is 5.15 Å². The van der Waals surface area contributed by atoms with Crippen LogP contribution in [-0.2, 0) is 0 Å². The quantitative estimate of drug-likeness (QED) is 0.578. The molecule has 1 aromatic heterocycles. The van der Waals surface area contributed by atoms with Crippen LogP contribution in [0.15, 0.2) is 18.2 Å². The zero-order valence-corrected chi connectivity index (χ0v) is 9.16. The van der Waals surface area contributed by atoms with Gasteiger partial charge >= 0.3 is 0 Å². The minimum Gasteiger partial charge on any atom is -0.326 e. The SMILES string of the molecule is C#CCN(CC)C(=O)c1cccc(Cl)n1. The number of terminal acetylenes is 1. The third-order valence-corrected chi connectivity index (χ3v) is 2.10. The minimum absolute atomic E-state index is 0.196. The van der Waals surface area contributed by atoms with Crippen LogP contribution in [-0.4, -0.2) is 28.9 Å². The van der Waals surface area contributed by atoms with Gasteiger partial charge in [0.05, 0.1) is 6.54 Å². The minimum atomic E-state index is -0.196. The molecule has 0 saturated carbocycles. The third-order valence-electron chi connectivity index (χ3n) is 1.89. The van der Waals surface area contributed by atoms with E-state index in [9.17, 15) is 4.79 Å². The van der Waals surface area contributed by atoms with E-state index >= 15 is 0 Å². The lowest BCUT2D eigenvalue weighted by atomic mass is 10.3. The molecule has 4 heteroatoms. The van der Waals surface area contributed by atoms with Crippen LogP contribution in [0.5, 0.6) is 0 Å². The summed E-state index contributed by atoms with van der Waals surface area (Å²) >= 11 is 5.69. The smallest absolute Gasteiger partial charge is 0.273 e. The van der Waals surface area contributed by atoms with Gasteiger partial charge in [-0.15, -0.1) is 6.42 Å². The number of hydrogen-bond donors (Lipinski definition) is 0. The van der Waals surface area contributed by atoms with Gasteiger partial charge in [-0.05, 0) is 19.1 Å².